The number of amides is 1. The van der Waals surface area contributed by atoms with Crippen molar-refractivity contribution in [3.05, 3.63) is 80.6 Å². The number of ketones is 1. The quantitative estimate of drug-likeness (QED) is 0.181. The first-order valence-electron chi connectivity index (χ1n) is 13.2. The Morgan fingerprint density at radius 2 is 1.50 bits per heavy atom. The van der Waals surface area contributed by atoms with Crippen LogP contribution >= 0.6 is 23.2 Å². The third-order valence-electron chi connectivity index (χ3n) is 7.13. The van der Waals surface area contributed by atoms with E-state index in [9.17, 15) is 54.6 Å². The molecule has 3 aromatic rings. The zero-order valence-corrected chi connectivity index (χ0v) is 24.6. The molecule has 2 aromatic carbocycles. The molecule has 0 aliphatic heterocycles. The third-order valence-corrected chi connectivity index (χ3v) is 7.73. The molecule has 1 amide bonds. The average Bonchev–Trinajstić information content (AvgIpc) is 3.36. The van der Waals surface area contributed by atoms with Gasteiger partial charge in [-0.3, -0.25) is 19.1 Å². The summed E-state index contributed by atoms with van der Waals surface area (Å²) in [5.41, 5.74) is -3.40. The molecule has 1 N–H and O–H groups in total. The van der Waals surface area contributed by atoms with Crippen LogP contribution in [0.5, 0.6) is 5.75 Å². The number of hydrogen-bond donors (Lipinski definition) is 1. The number of aliphatic carboxylic acids is 1. The van der Waals surface area contributed by atoms with Crippen LogP contribution in [0.15, 0.2) is 36.5 Å². The number of aromatic nitrogens is 2. The van der Waals surface area contributed by atoms with Gasteiger partial charge in [-0.15, -0.1) is 13.2 Å². The smallest absolute Gasteiger partial charge is 0.481 e. The molecule has 0 bridgehead atoms. The lowest BCUT2D eigenvalue weighted by atomic mass is 9.86. The van der Waals surface area contributed by atoms with Gasteiger partial charge in [0.15, 0.2) is 11.5 Å². The highest BCUT2D eigenvalue weighted by Crippen LogP contribution is 2.40. The van der Waals surface area contributed by atoms with E-state index >= 15 is 0 Å². The van der Waals surface area contributed by atoms with E-state index in [-0.39, 0.29) is 31.2 Å². The van der Waals surface area contributed by atoms with Crippen molar-refractivity contribution in [3.8, 4) is 5.75 Å². The van der Waals surface area contributed by atoms with Crippen LogP contribution in [0.1, 0.15) is 63.7 Å². The van der Waals surface area contributed by atoms with Crippen molar-refractivity contribution in [2.45, 2.75) is 50.8 Å². The Balaban J connectivity index is 1.72. The predicted molar refractivity (Wildman–Crippen MR) is 144 cm³/mol. The number of carboxylic acid groups (broad SMARTS) is 1. The van der Waals surface area contributed by atoms with Gasteiger partial charge in [0.2, 0.25) is 0 Å². The van der Waals surface area contributed by atoms with E-state index in [1.807, 2.05) is 0 Å². The van der Waals surface area contributed by atoms with E-state index in [1.165, 1.54) is 0 Å². The first-order chi connectivity index (χ1) is 21.3. The Kier molecular flexibility index (Phi) is 10.2. The SMILES string of the molecule is O=C(CN(Cc1cc(F)cc(F)c1)C(=O)c1cnn([C@H]2CC[C@H](C(=O)O)CC2)c1C(F)(F)F)c1c(Cl)cc(OC(F)(F)F)cc1Cl. The molecular formula is C28H21Cl2F8N3O5. The maximum Gasteiger partial charge on any atom is 0.573 e. The number of nitrogens with zero attached hydrogens (tertiary/aromatic N) is 3. The number of rotatable bonds is 9. The Hall–Kier alpha value is -3.92. The molecule has 18 heteroatoms. The highest BCUT2D eigenvalue weighted by Gasteiger charge is 2.43. The second kappa shape index (κ2) is 13.4. The molecule has 8 nitrogen and oxygen atoms in total. The lowest BCUT2D eigenvalue weighted by Crippen LogP contribution is -2.37. The van der Waals surface area contributed by atoms with Crippen molar-refractivity contribution in [1.29, 1.82) is 0 Å². The highest BCUT2D eigenvalue weighted by molar-refractivity contribution is 6.40. The van der Waals surface area contributed by atoms with Gasteiger partial charge in [-0.2, -0.15) is 18.3 Å². The number of alkyl halides is 6. The second-order valence-corrected chi connectivity index (χ2v) is 11.2. The highest BCUT2D eigenvalue weighted by atomic mass is 35.5. The molecule has 1 aromatic heterocycles. The molecule has 1 heterocycles. The van der Waals surface area contributed by atoms with Gasteiger partial charge < -0.3 is 14.7 Å². The molecule has 0 spiro atoms. The Bertz CT molecular complexity index is 1610. The molecule has 1 saturated carbocycles. The molecule has 1 aliphatic rings. The van der Waals surface area contributed by atoms with Gasteiger partial charge in [0.05, 0.1) is 45.9 Å². The molecule has 46 heavy (non-hydrogen) atoms. The fraction of sp³-hybridized carbons (Fsp3) is 0.357. The van der Waals surface area contributed by atoms with Gasteiger partial charge in [-0.25, -0.2) is 8.78 Å². The maximum atomic E-state index is 14.4. The maximum absolute atomic E-state index is 14.4. The molecule has 0 radical (unpaired) electrons. The Labute approximate surface area is 264 Å². The summed E-state index contributed by atoms with van der Waals surface area (Å²) in [6.07, 6.45) is -9.58. The van der Waals surface area contributed by atoms with Crippen molar-refractivity contribution in [2.75, 3.05) is 6.54 Å². The second-order valence-electron chi connectivity index (χ2n) is 10.4. The fourth-order valence-corrected chi connectivity index (χ4v) is 5.88. The number of carbonyl (C=O) groups excluding carboxylic acids is 2. The number of carbonyl (C=O) groups is 3. The first kappa shape index (κ1) is 34.9. The van der Waals surface area contributed by atoms with Crippen LogP contribution in [0, 0.1) is 17.6 Å². The zero-order valence-electron chi connectivity index (χ0n) is 23.1. The molecule has 0 saturated heterocycles. The minimum atomic E-state index is -5.17. The van der Waals surface area contributed by atoms with E-state index in [0.717, 1.165) is 12.1 Å². The number of hydrogen-bond acceptors (Lipinski definition) is 5. The average molecular weight is 702 g/mol. The van der Waals surface area contributed by atoms with E-state index in [1.54, 1.807) is 0 Å². The van der Waals surface area contributed by atoms with Gasteiger partial charge >= 0.3 is 18.5 Å². The third kappa shape index (κ3) is 8.26. The van der Waals surface area contributed by atoms with Crippen LogP contribution in [0.3, 0.4) is 0 Å². The van der Waals surface area contributed by atoms with Crippen molar-refractivity contribution in [3.63, 3.8) is 0 Å². The summed E-state index contributed by atoms with van der Waals surface area (Å²) in [5.74, 6) is -7.53. The van der Waals surface area contributed by atoms with Crippen LogP contribution in [0.2, 0.25) is 10.0 Å². The molecule has 4 rings (SSSR count). The van der Waals surface area contributed by atoms with Gasteiger partial charge in [0.1, 0.15) is 17.4 Å². The summed E-state index contributed by atoms with van der Waals surface area (Å²) in [6.45, 7) is -1.90. The topological polar surface area (TPSA) is 102 Å². The summed E-state index contributed by atoms with van der Waals surface area (Å²) in [5, 5.41) is 11.7. The molecule has 0 unspecified atom stereocenters. The molecule has 1 aliphatic carbocycles. The standard InChI is InChI=1S/C28H21Cl2F8N3O5/c29-20-8-18(46-28(36,37)38)9-21(30)23(20)22(42)12-40(11-13-5-15(31)7-16(32)6-13)25(43)19-10-39-41(24(19)27(33,34)35)17-3-1-14(2-4-17)26(44)45/h5-10,14,17H,1-4,11-12H2,(H,44,45)/t14-,17-. The van der Waals surface area contributed by atoms with Gasteiger partial charge in [0, 0.05) is 12.6 Å². The summed E-state index contributed by atoms with van der Waals surface area (Å²) >= 11 is 12.0. The van der Waals surface area contributed by atoms with E-state index in [2.05, 4.69) is 9.84 Å². The summed E-state index contributed by atoms with van der Waals surface area (Å²) < 4.78 is 113. The van der Waals surface area contributed by atoms with Gasteiger partial charge in [0.25, 0.3) is 5.91 Å². The minimum Gasteiger partial charge on any atom is -0.481 e. The Morgan fingerprint density at radius 3 is 2.00 bits per heavy atom. The van der Waals surface area contributed by atoms with Crippen molar-refractivity contribution < 1.29 is 59.4 Å². The van der Waals surface area contributed by atoms with Crippen LogP contribution in [0.25, 0.3) is 0 Å². The monoisotopic (exact) mass is 701 g/mol. The number of ether oxygens (including phenoxy) is 1. The molecular weight excluding hydrogens is 681 g/mol. The van der Waals surface area contributed by atoms with Crippen molar-refractivity contribution in [1.82, 2.24) is 14.7 Å². The largest absolute Gasteiger partial charge is 0.573 e. The summed E-state index contributed by atoms with van der Waals surface area (Å²) in [6, 6.07) is 2.32. The van der Waals surface area contributed by atoms with E-state index < -0.39 is 99.5 Å². The number of Topliss-reactive ketones (excluding diaryl/α,β-unsaturated/α-hetero) is 1. The number of benzene rings is 2. The van der Waals surface area contributed by atoms with E-state index in [4.69, 9.17) is 23.2 Å². The Morgan fingerprint density at radius 1 is 0.935 bits per heavy atom. The van der Waals surface area contributed by atoms with Crippen molar-refractivity contribution in [2.24, 2.45) is 5.92 Å². The number of carboxylic acids is 1. The fourth-order valence-electron chi connectivity index (χ4n) is 5.20. The summed E-state index contributed by atoms with van der Waals surface area (Å²) in [4.78, 5) is 38.8. The number of halogens is 10. The van der Waals surface area contributed by atoms with Gasteiger partial charge in [-0.05, 0) is 55.5 Å². The molecule has 248 valence electrons. The molecule has 1 fully saturated rings. The normalized spacial score (nSPS) is 17.1. The molecule has 0 atom stereocenters. The van der Waals surface area contributed by atoms with Crippen LogP contribution in [-0.4, -0.2) is 50.4 Å². The van der Waals surface area contributed by atoms with Gasteiger partial charge in [-0.1, -0.05) is 23.2 Å². The lowest BCUT2D eigenvalue weighted by molar-refractivity contribution is -0.274. The van der Waals surface area contributed by atoms with Crippen LogP contribution < -0.4 is 4.74 Å². The van der Waals surface area contributed by atoms with Crippen LogP contribution in [-0.2, 0) is 17.5 Å². The lowest BCUT2D eigenvalue weighted by Gasteiger charge is -2.28. The summed E-state index contributed by atoms with van der Waals surface area (Å²) in [7, 11) is 0. The first-order valence-corrected chi connectivity index (χ1v) is 14.0. The predicted octanol–water partition coefficient (Wildman–Crippen LogP) is 7.73. The zero-order chi connectivity index (χ0) is 34.1. The van der Waals surface area contributed by atoms with Crippen molar-refractivity contribution >= 4 is 40.9 Å². The van der Waals surface area contributed by atoms with Crippen LogP contribution in [0.4, 0.5) is 35.1 Å². The van der Waals surface area contributed by atoms with E-state index in [0.29, 0.717) is 34.0 Å². The minimum absolute atomic E-state index is 0.00513.